The topological polar surface area (TPSA) is 133 Å². The highest BCUT2D eigenvalue weighted by atomic mass is 35.5. The Kier molecular flexibility index (Phi) is 19.8. The average Bonchev–Trinajstić information content (AvgIpc) is 3.21. The summed E-state index contributed by atoms with van der Waals surface area (Å²) in [6.45, 7) is 12.6. The van der Waals surface area contributed by atoms with Crippen LogP contribution in [0, 0.1) is 11.8 Å². The molecule has 1 saturated heterocycles. The van der Waals surface area contributed by atoms with Crippen molar-refractivity contribution < 1.29 is 0 Å². The lowest BCUT2D eigenvalue weighted by Crippen LogP contribution is -2.31. The highest BCUT2D eigenvalue weighted by molar-refractivity contribution is 8.00. The summed E-state index contributed by atoms with van der Waals surface area (Å²) in [4.78, 5) is 2.63. The summed E-state index contributed by atoms with van der Waals surface area (Å²) in [5, 5.41) is 5.57. The molecule has 236 valence electrons. The molecular formula is C34H57ClN6S. The van der Waals surface area contributed by atoms with Crippen molar-refractivity contribution >= 4 is 40.6 Å². The van der Waals surface area contributed by atoms with Gasteiger partial charge in [-0.25, -0.2) is 0 Å². The number of nitrogens with zero attached hydrogens (tertiary/aromatic N) is 1. The summed E-state index contributed by atoms with van der Waals surface area (Å²) >= 11 is 6.22. The van der Waals surface area contributed by atoms with Crippen molar-refractivity contribution in [3.8, 4) is 0 Å². The lowest BCUT2D eigenvalue weighted by molar-refractivity contribution is 0.402. The van der Waals surface area contributed by atoms with Gasteiger partial charge in [-0.15, -0.1) is 0 Å². The highest BCUT2D eigenvalue weighted by Crippen LogP contribution is 2.30. The third-order valence-corrected chi connectivity index (χ3v) is 8.29. The molecule has 0 radical (unpaired) electrons. The number of anilines is 3. The highest BCUT2D eigenvalue weighted by Gasteiger charge is 2.23. The van der Waals surface area contributed by atoms with Crippen LogP contribution in [0.2, 0.25) is 0 Å². The maximum absolute atomic E-state index is 5.85. The maximum atomic E-state index is 5.85. The van der Waals surface area contributed by atoms with E-state index in [1.807, 2.05) is 24.3 Å². The molecule has 0 amide bonds. The Morgan fingerprint density at radius 1 is 0.810 bits per heavy atom. The number of unbranched alkanes of at least 4 members (excludes halogenated alkanes) is 3. The molecule has 3 rings (SSSR count). The van der Waals surface area contributed by atoms with Gasteiger partial charge in [0.1, 0.15) is 5.03 Å². The lowest BCUT2D eigenvalue weighted by Gasteiger charge is -2.28. The van der Waals surface area contributed by atoms with Crippen LogP contribution in [0.25, 0.3) is 0 Å². The molecule has 0 bridgehead atoms. The van der Waals surface area contributed by atoms with Gasteiger partial charge in [-0.2, -0.15) is 0 Å². The quantitative estimate of drug-likeness (QED) is 0.0916. The number of hydrogen-bond acceptors (Lipinski definition) is 7. The Hall–Kier alpha value is -2.48. The van der Waals surface area contributed by atoms with Crippen LogP contribution in [0.3, 0.4) is 0 Å². The predicted octanol–water partition coefficient (Wildman–Crippen LogP) is 8.53. The van der Waals surface area contributed by atoms with Crippen molar-refractivity contribution in [2.45, 2.75) is 91.4 Å². The standard InChI is InChI=1S/C20H34N2.C10H15N.C4H8ClN3S/c1-3-5-7-17-9-10-18(8-6-4-2)16-22(15-17)20-13-11-19(21)12-14-20;1-2-3-4-9-5-7-10(11)8-6-9;1-2(5)3(6)4(7)9-8/h11-14,17-18H,3-10,15-16,21H2,1-2H3;5-8H,2-4,11H2,1H3;1,6-8H2/b;;4-3+. The maximum Gasteiger partial charge on any atom is 0.105 e. The number of benzene rings is 2. The fourth-order valence-electron chi connectivity index (χ4n) is 4.97. The molecule has 0 spiro atoms. The molecule has 2 aromatic carbocycles. The van der Waals surface area contributed by atoms with Crippen molar-refractivity contribution in [1.29, 1.82) is 0 Å². The molecule has 1 fully saturated rings. The van der Waals surface area contributed by atoms with Gasteiger partial charge in [0.2, 0.25) is 0 Å². The van der Waals surface area contributed by atoms with Gasteiger partial charge in [0.05, 0.1) is 10.7 Å². The minimum atomic E-state index is 0.213. The first-order valence-electron chi connectivity index (χ1n) is 15.6. The van der Waals surface area contributed by atoms with Gasteiger partial charge < -0.3 is 27.8 Å². The van der Waals surface area contributed by atoms with E-state index < -0.39 is 0 Å². The van der Waals surface area contributed by atoms with Crippen molar-refractivity contribution in [2.75, 3.05) is 29.5 Å². The number of rotatable bonds is 12. The van der Waals surface area contributed by atoms with Crippen molar-refractivity contribution in [3.63, 3.8) is 0 Å². The molecule has 0 aliphatic carbocycles. The molecule has 1 aliphatic rings. The second-order valence-electron chi connectivity index (χ2n) is 11.2. The minimum absolute atomic E-state index is 0.213. The van der Waals surface area contributed by atoms with E-state index in [0.717, 1.165) is 35.2 Å². The summed E-state index contributed by atoms with van der Waals surface area (Å²) in [5.41, 5.74) is 26.7. The van der Waals surface area contributed by atoms with Gasteiger partial charge in [0.25, 0.3) is 0 Å². The summed E-state index contributed by atoms with van der Waals surface area (Å²) < 4.78 is 0. The van der Waals surface area contributed by atoms with E-state index in [-0.39, 0.29) is 15.8 Å². The number of halogens is 1. The molecule has 0 saturated carbocycles. The molecule has 2 aromatic rings. The Morgan fingerprint density at radius 2 is 1.26 bits per heavy atom. The summed E-state index contributed by atoms with van der Waals surface area (Å²) in [6.07, 6.45) is 14.7. The Morgan fingerprint density at radius 3 is 1.64 bits per heavy atom. The van der Waals surface area contributed by atoms with Gasteiger partial charge in [0.15, 0.2) is 0 Å². The third-order valence-electron chi connectivity index (χ3n) is 7.61. The van der Waals surface area contributed by atoms with E-state index in [0.29, 0.717) is 0 Å². The van der Waals surface area contributed by atoms with Gasteiger partial charge >= 0.3 is 0 Å². The molecule has 10 N–H and O–H groups in total. The smallest absolute Gasteiger partial charge is 0.105 e. The zero-order chi connectivity index (χ0) is 31.3. The van der Waals surface area contributed by atoms with Gasteiger partial charge in [-0.1, -0.05) is 83.2 Å². The molecule has 1 heterocycles. The summed E-state index contributed by atoms with van der Waals surface area (Å²) in [6, 6.07) is 16.6. The largest absolute Gasteiger partial charge is 0.399 e. The van der Waals surface area contributed by atoms with Gasteiger partial charge in [0, 0.05) is 30.2 Å². The fraction of sp³-hybridized carbons (Fsp3) is 0.529. The number of nitrogen functional groups attached to an aromatic ring is 2. The van der Waals surface area contributed by atoms with Crippen LogP contribution < -0.4 is 33.0 Å². The lowest BCUT2D eigenvalue weighted by atomic mass is 9.92. The van der Waals surface area contributed by atoms with E-state index in [1.54, 1.807) is 0 Å². The molecule has 0 aromatic heterocycles. The van der Waals surface area contributed by atoms with Crippen LogP contribution in [-0.4, -0.2) is 13.1 Å². The van der Waals surface area contributed by atoms with E-state index in [4.69, 9.17) is 39.7 Å². The van der Waals surface area contributed by atoms with Crippen LogP contribution in [0.5, 0.6) is 0 Å². The number of aryl methyl sites for hydroxylation is 1. The molecule has 42 heavy (non-hydrogen) atoms. The molecular weight excluding hydrogens is 560 g/mol. The minimum Gasteiger partial charge on any atom is -0.399 e. The first kappa shape index (κ1) is 37.5. The van der Waals surface area contributed by atoms with Crippen LogP contribution in [-0.2, 0) is 6.42 Å². The summed E-state index contributed by atoms with van der Waals surface area (Å²) in [7, 11) is 0. The van der Waals surface area contributed by atoms with E-state index in [9.17, 15) is 0 Å². The fourth-order valence-corrected chi connectivity index (χ4v) is 5.38. The van der Waals surface area contributed by atoms with Crippen molar-refractivity contribution in [3.05, 3.63) is 76.4 Å². The molecule has 8 heteroatoms. The Bertz CT molecular complexity index is 1010. The van der Waals surface area contributed by atoms with Crippen LogP contribution >= 0.6 is 23.5 Å². The number of allylic oxidation sites excluding steroid dienone is 1. The van der Waals surface area contributed by atoms with Crippen LogP contribution in [0.4, 0.5) is 17.1 Å². The second kappa shape index (κ2) is 22.1. The number of hydrogen-bond donors (Lipinski definition) is 5. The first-order chi connectivity index (χ1) is 20.1. The third kappa shape index (κ3) is 15.7. The average molecular weight is 617 g/mol. The summed E-state index contributed by atoms with van der Waals surface area (Å²) in [5.74, 6) is 1.73. The first-order valence-corrected chi connectivity index (χ1v) is 16.8. The molecule has 6 nitrogen and oxygen atoms in total. The Balaban J connectivity index is 0.000000367. The van der Waals surface area contributed by atoms with Crippen molar-refractivity contribution in [1.82, 2.24) is 0 Å². The zero-order valence-corrected chi connectivity index (χ0v) is 27.9. The van der Waals surface area contributed by atoms with Gasteiger partial charge in [-0.3, -0.25) is 5.14 Å². The van der Waals surface area contributed by atoms with E-state index in [2.05, 4.69) is 56.5 Å². The Labute approximate surface area is 265 Å². The van der Waals surface area contributed by atoms with E-state index >= 15 is 0 Å². The van der Waals surface area contributed by atoms with Gasteiger partial charge in [-0.05, 0) is 104 Å². The number of nitrogens with two attached hydrogens (primary N) is 5. The monoisotopic (exact) mass is 616 g/mol. The normalized spacial score (nSPS) is 17.1. The molecule has 2 atom stereocenters. The predicted molar refractivity (Wildman–Crippen MR) is 190 cm³/mol. The zero-order valence-electron chi connectivity index (χ0n) is 26.3. The SMILES string of the molecule is C=C(Cl)/C(N)=C(/N)SN.CCCCC1CCC(CCCC)CN(c2ccc(N)cc2)C1.CCCCc1ccc(N)cc1. The second-order valence-corrected chi connectivity index (χ2v) is 12.4. The molecule has 2 unspecified atom stereocenters. The van der Waals surface area contributed by atoms with Crippen LogP contribution in [0.15, 0.2) is 70.9 Å². The van der Waals surface area contributed by atoms with Crippen molar-refractivity contribution in [2.24, 2.45) is 28.4 Å². The van der Waals surface area contributed by atoms with Crippen LogP contribution in [0.1, 0.15) is 90.5 Å². The molecule has 1 aliphatic heterocycles. The van der Waals surface area contributed by atoms with E-state index in [1.165, 1.54) is 95.0 Å².